The van der Waals surface area contributed by atoms with E-state index in [1.54, 1.807) is 0 Å². The fraction of sp³-hybridized carbons (Fsp3) is 0.867. The van der Waals surface area contributed by atoms with E-state index in [0.717, 1.165) is 19.3 Å². The molecule has 5 atom stereocenters. The first-order valence-electron chi connectivity index (χ1n) is 7.37. The van der Waals surface area contributed by atoms with Crippen LogP contribution < -0.4 is 0 Å². The van der Waals surface area contributed by atoms with E-state index in [1.807, 2.05) is 6.92 Å². The molecule has 1 aliphatic heterocycles. The lowest BCUT2D eigenvalue weighted by molar-refractivity contribution is -0.225. The van der Waals surface area contributed by atoms with Crippen molar-refractivity contribution in [1.82, 2.24) is 0 Å². The van der Waals surface area contributed by atoms with Crippen molar-refractivity contribution in [1.29, 1.82) is 0 Å². The summed E-state index contributed by atoms with van der Waals surface area (Å²) in [7, 11) is 0. The molecule has 0 aromatic carbocycles. The molecule has 4 nitrogen and oxygen atoms in total. The summed E-state index contributed by atoms with van der Waals surface area (Å²) < 4.78 is 11.1. The van der Waals surface area contributed by atoms with E-state index in [0.29, 0.717) is 18.3 Å². The zero-order valence-electron chi connectivity index (χ0n) is 11.8. The smallest absolute Gasteiger partial charge is 0.312 e. The first-order valence-corrected chi connectivity index (χ1v) is 7.37. The van der Waals surface area contributed by atoms with Gasteiger partial charge in [-0.25, -0.2) is 0 Å². The molecule has 4 heteroatoms. The van der Waals surface area contributed by atoms with Gasteiger partial charge in [-0.2, -0.15) is 0 Å². The number of carbonyl (C=O) groups is 2. The number of fused-ring (bicyclic) bond motifs is 1. The maximum atomic E-state index is 12.2. The van der Waals surface area contributed by atoms with E-state index in [-0.39, 0.29) is 29.7 Å². The molecule has 1 saturated heterocycles. The molecule has 19 heavy (non-hydrogen) atoms. The van der Waals surface area contributed by atoms with Crippen molar-refractivity contribution in [2.75, 3.05) is 0 Å². The molecule has 3 rings (SSSR count). The Morgan fingerprint density at radius 2 is 2.16 bits per heavy atom. The maximum Gasteiger partial charge on any atom is 0.312 e. The second-order valence-corrected chi connectivity index (χ2v) is 6.94. The van der Waals surface area contributed by atoms with Crippen LogP contribution in [0.3, 0.4) is 0 Å². The average molecular weight is 266 g/mol. The number of hydrogen-bond acceptors (Lipinski definition) is 4. The van der Waals surface area contributed by atoms with Gasteiger partial charge < -0.3 is 9.47 Å². The first kappa shape index (κ1) is 12.9. The Morgan fingerprint density at radius 1 is 1.42 bits per heavy atom. The maximum absolute atomic E-state index is 12.2. The van der Waals surface area contributed by atoms with Gasteiger partial charge in [0.25, 0.3) is 5.79 Å². The summed E-state index contributed by atoms with van der Waals surface area (Å²) in [6.45, 7) is 6.07. The summed E-state index contributed by atoms with van der Waals surface area (Å²) >= 11 is 0. The molecule has 3 fully saturated rings. The van der Waals surface area contributed by atoms with Crippen LogP contribution in [0.1, 0.15) is 46.5 Å². The lowest BCUT2D eigenvalue weighted by Gasteiger charge is -2.31. The minimum Gasteiger partial charge on any atom is -0.422 e. The Labute approximate surface area is 113 Å². The van der Waals surface area contributed by atoms with Crippen molar-refractivity contribution in [3.05, 3.63) is 0 Å². The Balaban J connectivity index is 1.70. The van der Waals surface area contributed by atoms with Gasteiger partial charge in [-0.05, 0) is 31.1 Å². The van der Waals surface area contributed by atoms with Crippen LogP contribution in [0.25, 0.3) is 0 Å². The van der Waals surface area contributed by atoms with E-state index in [2.05, 4.69) is 13.8 Å². The highest BCUT2D eigenvalue weighted by molar-refractivity contribution is 5.78. The topological polar surface area (TPSA) is 52.6 Å². The Bertz CT molecular complexity index is 416. The quantitative estimate of drug-likeness (QED) is 0.734. The molecule has 0 aromatic heterocycles. The molecule has 2 bridgehead atoms. The Hall–Kier alpha value is -1.06. The summed E-state index contributed by atoms with van der Waals surface area (Å²) in [5.41, 5.74) is 0. The van der Waals surface area contributed by atoms with E-state index >= 15 is 0 Å². The summed E-state index contributed by atoms with van der Waals surface area (Å²) in [5, 5.41) is 0. The van der Waals surface area contributed by atoms with Crippen LogP contribution in [0.2, 0.25) is 0 Å². The van der Waals surface area contributed by atoms with Crippen LogP contribution >= 0.6 is 0 Å². The van der Waals surface area contributed by atoms with Crippen LogP contribution in [-0.4, -0.2) is 17.7 Å². The predicted molar refractivity (Wildman–Crippen MR) is 67.9 cm³/mol. The van der Waals surface area contributed by atoms with E-state index in [1.165, 1.54) is 0 Å². The molecule has 0 amide bonds. The van der Waals surface area contributed by atoms with E-state index < -0.39 is 5.79 Å². The van der Waals surface area contributed by atoms with Gasteiger partial charge in [0, 0.05) is 6.42 Å². The third-order valence-electron chi connectivity index (χ3n) is 4.88. The van der Waals surface area contributed by atoms with Crippen LogP contribution in [0.15, 0.2) is 0 Å². The molecular weight excluding hydrogens is 244 g/mol. The van der Waals surface area contributed by atoms with Gasteiger partial charge in [-0.15, -0.1) is 0 Å². The molecule has 106 valence electrons. The Kier molecular flexibility index (Phi) is 2.88. The Morgan fingerprint density at radius 3 is 2.79 bits per heavy atom. The molecule has 1 heterocycles. The van der Waals surface area contributed by atoms with Gasteiger partial charge in [-0.1, -0.05) is 20.8 Å². The van der Waals surface area contributed by atoms with E-state index in [4.69, 9.17) is 9.47 Å². The van der Waals surface area contributed by atoms with Crippen molar-refractivity contribution in [2.45, 2.75) is 52.2 Å². The lowest BCUT2D eigenvalue weighted by atomic mass is 9.87. The van der Waals surface area contributed by atoms with Gasteiger partial charge in [0.15, 0.2) is 0 Å². The molecule has 2 saturated carbocycles. The monoisotopic (exact) mass is 266 g/mol. The summed E-state index contributed by atoms with van der Waals surface area (Å²) in [4.78, 5) is 24.0. The van der Waals surface area contributed by atoms with Crippen LogP contribution in [0, 0.1) is 29.6 Å². The van der Waals surface area contributed by atoms with Gasteiger partial charge >= 0.3 is 11.9 Å². The van der Waals surface area contributed by atoms with Gasteiger partial charge in [-0.3, -0.25) is 9.59 Å². The molecule has 0 aromatic rings. The summed E-state index contributed by atoms with van der Waals surface area (Å²) in [6.07, 6.45) is 3.41. The number of carbonyl (C=O) groups excluding carboxylic acids is 2. The third-order valence-corrected chi connectivity index (χ3v) is 4.88. The van der Waals surface area contributed by atoms with Crippen LogP contribution in [0.5, 0.6) is 0 Å². The third kappa shape index (κ3) is 1.96. The average Bonchev–Trinajstić information content (AvgIpc) is 2.87. The molecule has 3 aliphatic rings. The molecule has 2 aliphatic carbocycles. The highest BCUT2D eigenvalue weighted by Crippen LogP contribution is 2.60. The molecule has 0 N–H and O–H groups in total. The molecule has 5 unspecified atom stereocenters. The highest BCUT2D eigenvalue weighted by Gasteiger charge is 2.68. The van der Waals surface area contributed by atoms with Crippen molar-refractivity contribution in [2.24, 2.45) is 29.6 Å². The first-order chi connectivity index (χ1) is 8.91. The lowest BCUT2D eigenvalue weighted by Crippen LogP contribution is -2.40. The minimum atomic E-state index is -0.910. The normalized spacial score (nSPS) is 40.6. The van der Waals surface area contributed by atoms with Gasteiger partial charge in [0.05, 0.1) is 17.8 Å². The van der Waals surface area contributed by atoms with Gasteiger partial charge in [0.2, 0.25) is 0 Å². The number of ether oxygens (including phenoxy) is 2. The number of esters is 2. The fourth-order valence-corrected chi connectivity index (χ4v) is 4.19. The predicted octanol–water partition coefficient (Wildman–Crippen LogP) is 2.51. The second-order valence-electron chi connectivity index (χ2n) is 6.94. The van der Waals surface area contributed by atoms with Crippen LogP contribution in [-0.2, 0) is 19.1 Å². The highest BCUT2D eigenvalue weighted by atomic mass is 16.7. The number of rotatable bonds is 4. The largest absolute Gasteiger partial charge is 0.422 e. The van der Waals surface area contributed by atoms with Crippen molar-refractivity contribution in [3.63, 3.8) is 0 Å². The van der Waals surface area contributed by atoms with Crippen molar-refractivity contribution in [3.8, 4) is 0 Å². The zero-order chi connectivity index (χ0) is 13.8. The summed E-state index contributed by atoms with van der Waals surface area (Å²) in [5.74, 6) is -0.372. The van der Waals surface area contributed by atoms with Crippen molar-refractivity contribution >= 4 is 11.9 Å². The fourth-order valence-electron chi connectivity index (χ4n) is 4.19. The second kappa shape index (κ2) is 4.22. The minimum absolute atomic E-state index is 0.0213. The van der Waals surface area contributed by atoms with Gasteiger partial charge in [0.1, 0.15) is 0 Å². The molecular formula is C15H22O4. The standard InChI is InChI=1S/C15H22O4/c1-8(2)4-9(3)13(16)18-15-7-10-5-11(12(15)6-10)14(17)19-15/h8-12H,4-7H2,1-3H3. The number of hydrogen-bond donors (Lipinski definition) is 0. The zero-order valence-corrected chi connectivity index (χ0v) is 11.8. The summed E-state index contributed by atoms with van der Waals surface area (Å²) in [6, 6.07) is 0. The molecule has 0 radical (unpaired) electrons. The van der Waals surface area contributed by atoms with Crippen LogP contribution in [0.4, 0.5) is 0 Å². The molecule has 0 spiro atoms. The van der Waals surface area contributed by atoms with E-state index in [9.17, 15) is 9.59 Å². The van der Waals surface area contributed by atoms with Crippen molar-refractivity contribution < 1.29 is 19.1 Å². The SMILES string of the molecule is CC(C)CC(C)C(=O)OC12CC3CC(C(=O)O1)C2C3.